The summed E-state index contributed by atoms with van der Waals surface area (Å²) in [5.74, 6) is -1.63. The minimum absolute atomic E-state index is 0.495. The molecule has 0 atom stereocenters. The highest BCUT2D eigenvalue weighted by molar-refractivity contribution is 9.10. The molecule has 4 nitrogen and oxygen atoms in total. The summed E-state index contributed by atoms with van der Waals surface area (Å²) < 4.78 is 0.953. The number of carboxylic acids is 1. The number of hydrogen-bond donors (Lipinski definition) is 2. The second-order valence-electron chi connectivity index (χ2n) is 4.25. The summed E-state index contributed by atoms with van der Waals surface area (Å²) >= 11 is 3.33. The zero-order valence-electron chi connectivity index (χ0n) is 9.66. The molecule has 0 aliphatic carbocycles. The van der Waals surface area contributed by atoms with Crippen molar-refractivity contribution in [1.82, 2.24) is 5.32 Å². The number of carbonyl (C=O) groups is 2. The van der Waals surface area contributed by atoms with Gasteiger partial charge in [0.15, 0.2) is 0 Å². The normalized spacial score (nSPS) is 11.0. The van der Waals surface area contributed by atoms with Gasteiger partial charge in [0.05, 0.1) is 5.54 Å². The topological polar surface area (TPSA) is 66.4 Å². The second kappa shape index (κ2) is 5.31. The van der Waals surface area contributed by atoms with Crippen LogP contribution in [0.15, 0.2) is 28.7 Å². The Morgan fingerprint density at radius 2 is 1.82 bits per heavy atom. The van der Waals surface area contributed by atoms with Gasteiger partial charge in [-0.25, -0.2) is 0 Å². The molecule has 0 bridgehead atoms. The molecule has 0 aromatic heterocycles. The maximum atomic E-state index is 11.4. The van der Waals surface area contributed by atoms with Gasteiger partial charge in [-0.05, 0) is 31.5 Å². The van der Waals surface area contributed by atoms with Gasteiger partial charge in [0.1, 0.15) is 6.42 Å². The lowest BCUT2D eigenvalue weighted by Gasteiger charge is -2.26. The molecule has 92 valence electrons. The Hall–Kier alpha value is -1.36. The fraction of sp³-hybridized carbons (Fsp3) is 0.333. The monoisotopic (exact) mass is 299 g/mol. The minimum Gasteiger partial charge on any atom is -0.481 e. The van der Waals surface area contributed by atoms with Gasteiger partial charge in [0.25, 0.3) is 0 Å². The Bertz CT molecular complexity index is 426. The van der Waals surface area contributed by atoms with Crippen LogP contribution in [0.1, 0.15) is 25.8 Å². The van der Waals surface area contributed by atoms with E-state index in [1.165, 1.54) is 0 Å². The number of aliphatic carboxylic acids is 1. The quantitative estimate of drug-likeness (QED) is 0.838. The molecule has 0 saturated heterocycles. The van der Waals surface area contributed by atoms with Crippen LogP contribution in [0.2, 0.25) is 0 Å². The molecule has 1 aromatic rings. The van der Waals surface area contributed by atoms with Crippen LogP contribution >= 0.6 is 15.9 Å². The van der Waals surface area contributed by atoms with Crippen molar-refractivity contribution in [3.63, 3.8) is 0 Å². The summed E-state index contributed by atoms with van der Waals surface area (Å²) in [7, 11) is 0. The lowest BCUT2D eigenvalue weighted by molar-refractivity contribution is -0.141. The highest BCUT2D eigenvalue weighted by Gasteiger charge is 2.23. The van der Waals surface area contributed by atoms with Crippen molar-refractivity contribution in [2.75, 3.05) is 0 Å². The number of nitrogens with one attached hydrogen (secondary N) is 1. The number of hydrogen-bond acceptors (Lipinski definition) is 2. The van der Waals surface area contributed by atoms with Crippen molar-refractivity contribution in [1.29, 1.82) is 0 Å². The number of amides is 1. The van der Waals surface area contributed by atoms with Gasteiger partial charge in [-0.2, -0.15) is 0 Å². The largest absolute Gasteiger partial charge is 0.481 e. The second-order valence-corrected chi connectivity index (χ2v) is 5.17. The van der Waals surface area contributed by atoms with Crippen LogP contribution in [0.3, 0.4) is 0 Å². The van der Waals surface area contributed by atoms with Crippen LogP contribution in [0.4, 0.5) is 0 Å². The summed E-state index contributed by atoms with van der Waals surface area (Å²) in [5, 5.41) is 11.2. The summed E-state index contributed by atoms with van der Waals surface area (Å²) in [5.41, 5.74) is 0.326. The molecule has 0 unspecified atom stereocenters. The molecule has 1 amide bonds. The van der Waals surface area contributed by atoms with Crippen LogP contribution in [0.25, 0.3) is 0 Å². The number of carbonyl (C=O) groups excluding carboxylic acids is 1. The van der Waals surface area contributed by atoms with E-state index in [4.69, 9.17) is 5.11 Å². The number of rotatable bonds is 4. The van der Waals surface area contributed by atoms with E-state index in [2.05, 4.69) is 21.2 Å². The molecule has 0 heterocycles. The first-order chi connectivity index (χ1) is 7.81. The average Bonchev–Trinajstić information content (AvgIpc) is 2.15. The highest BCUT2D eigenvalue weighted by atomic mass is 79.9. The Kier molecular flexibility index (Phi) is 4.28. The van der Waals surface area contributed by atoms with E-state index in [9.17, 15) is 9.59 Å². The molecule has 0 aliphatic rings. The average molecular weight is 300 g/mol. The molecule has 5 heteroatoms. The first-order valence-electron chi connectivity index (χ1n) is 5.10. The van der Waals surface area contributed by atoms with Crippen LogP contribution in [0, 0.1) is 0 Å². The predicted molar refractivity (Wildman–Crippen MR) is 67.6 cm³/mol. The molecular weight excluding hydrogens is 286 g/mol. The highest BCUT2D eigenvalue weighted by Crippen LogP contribution is 2.22. The van der Waals surface area contributed by atoms with Crippen LogP contribution in [-0.2, 0) is 15.1 Å². The molecule has 0 aliphatic heterocycles. The summed E-state index contributed by atoms with van der Waals surface area (Å²) in [4.78, 5) is 21.8. The van der Waals surface area contributed by atoms with E-state index in [0.717, 1.165) is 10.0 Å². The lowest BCUT2D eigenvalue weighted by atomic mass is 9.94. The van der Waals surface area contributed by atoms with Crippen LogP contribution in [-0.4, -0.2) is 17.0 Å². The van der Waals surface area contributed by atoms with E-state index >= 15 is 0 Å². The molecule has 0 radical (unpaired) electrons. The van der Waals surface area contributed by atoms with E-state index in [0.29, 0.717) is 0 Å². The number of benzene rings is 1. The molecule has 1 rings (SSSR count). The van der Waals surface area contributed by atoms with Gasteiger partial charge in [0.2, 0.25) is 5.91 Å². The van der Waals surface area contributed by atoms with Gasteiger partial charge in [-0.3, -0.25) is 9.59 Å². The van der Waals surface area contributed by atoms with Crippen molar-refractivity contribution < 1.29 is 14.7 Å². The summed E-state index contributed by atoms with van der Waals surface area (Å²) in [6.07, 6.45) is -0.514. The van der Waals surface area contributed by atoms with Crippen molar-refractivity contribution in [3.8, 4) is 0 Å². The van der Waals surface area contributed by atoms with E-state index < -0.39 is 23.8 Å². The number of halogens is 1. The number of carboxylic acid groups (broad SMARTS) is 1. The van der Waals surface area contributed by atoms with Crippen LogP contribution in [0.5, 0.6) is 0 Å². The molecule has 0 saturated carbocycles. The van der Waals surface area contributed by atoms with Crippen molar-refractivity contribution >= 4 is 27.8 Å². The maximum Gasteiger partial charge on any atom is 0.312 e. The zero-order valence-corrected chi connectivity index (χ0v) is 11.2. The third kappa shape index (κ3) is 4.19. The molecular formula is C12H14BrNO3. The fourth-order valence-corrected chi connectivity index (χ4v) is 1.73. The molecule has 1 aromatic carbocycles. The summed E-state index contributed by atoms with van der Waals surface area (Å²) in [6.45, 7) is 3.66. The Balaban J connectivity index is 2.77. The standard InChI is InChI=1S/C12H14BrNO3/c1-12(2,14-10(15)7-11(16)17)8-3-5-9(13)6-4-8/h3-6H,7H2,1-2H3,(H,14,15)(H,16,17). The Morgan fingerprint density at radius 3 is 2.29 bits per heavy atom. The molecule has 0 fully saturated rings. The van der Waals surface area contributed by atoms with E-state index in [1.54, 1.807) is 0 Å². The van der Waals surface area contributed by atoms with Gasteiger partial charge in [0, 0.05) is 4.47 Å². The first-order valence-corrected chi connectivity index (χ1v) is 5.89. The maximum absolute atomic E-state index is 11.4. The van der Waals surface area contributed by atoms with Gasteiger partial charge >= 0.3 is 5.97 Å². The van der Waals surface area contributed by atoms with Crippen molar-refractivity contribution in [3.05, 3.63) is 34.3 Å². The van der Waals surface area contributed by atoms with Gasteiger partial charge in [-0.1, -0.05) is 28.1 Å². The third-order valence-corrected chi connectivity index (χ3v) is 2.86. The van der Waals surface area contributed by atoms with Crippen molar-refractivity contribution in [2.45, 2.75) is 25.8 Å². The predicted octanol–water partition coefficient (Wildman–Crippen LogP) is 2.28. The fourth-order valence-electron chi connectivity index (χ4n) is 1.47. The Morgan fingerprint density at radius 1 is 1.29 bits per heavy atom. The van der Waals surface area contributed by atoms with Crippen LogP contribution < -0.4 is 5.32 Å². The van der Waals surface area contributed by atoms with E-state index in [-0.39, 0.29) is 0 Å². The van der Waals surface area contributed by atoms with Crippen molar-refractivity contribution in [2.24, 2.45) is 0 Å². The van der Waals surface area contributed by atoms with Gasteiger partial charge in [-0.15, -0.1) is 0 Å². The summed E-state index contributed by atoms with van der Waals surface area (Å²) in [6, 6.07) is 7.51. The molecule has 17 heavy (non-hydrogen) atoms. The Labute approximate surface area is 108 Å². The zero-order chi connectivity index (χ0) is 13.1. The SMILES string of the molecule is CC(C)(NC(=O)CC(=O)O)c1ccc(Br)cc1. The molecule has 2 N–H and O–H groups in total. The molecule has 0 spiro atoms. The smallest absolute Gasteiger partial charge is 0.312 e. The first kappa shape index (κ1) is 13.7. The van der Waals surface area contributed by atoms with E-state index in [1.807, 2.05) is 38.1 Å². The lowest BCUT2D eigenvalue weighted by Crippen LogP contribution is -2.41. The third-order valence-electron chi connectivity index (χ3n) is 2.33. The minimum atomic E-state index is -1.13. The van der Waals surface area contributed by atoms with Gasteiger partial charge < -0.3 is 10.4 Å².